The summed E-state index contributed by atoms with van der Waals surface area (Å²) in [7, 11) is 0. The van der Waals surface area contributed by atoms with Gasteiger partial charge in [-0.1, -0.05) is 0 Å². The molecule has 24 heavy (non-hydrogen) atoms. The van der Waals surface area contributed by atoms with Crippen molar-refractivity contribution < 1.29 is 18.7 Å². The van der Waals surface area contributed by atoms with E-state index in [9.17, 15) is 9.18 Å². The summed E-state index contributed by atoms with van der Waals surface area (Å²) in [4.78, 5) is 16.9. The van der Waals surface area contributed by atoms with Crippen LogP contribution >= 0.6 is 0 Å². The molecule has 0 fully saturated rings. The molecule has 0 spiro atoms. The Kier molecular flexibility index (Phi) is 3.30. The number of halogens is 1. The summed E-state index contributed by atoms with van der Waals surface area (Å²) >= 11 is 0. The van der Waals surface area contributed by atoms with Gasteiger partial charge in [0, 0.05) is 28.9 Å². The van der Waals surface area contributed by atoms with E-state index < -0.39 is 0 Å². The van der Waals surface area contributed by atoms with Crippen molar-refractivity contribution in [3.63, 3.8) is 0 Å². The first-order chi connectivity index (χ1) is 11.6. The molecule has 1 N–H and O–H groups in total. The molecule has 0 saturated heterocycles. The standard InChI is InChI=1S/C18H13FN2O3/c1-10-6-14(13-4-2-11(19)7-15(13)20-10)18(22)21-12-3-5-16-17(8-12)24-9-23-16/h2-8H,9H2,1H3,(H,21,22). The second-order valence-electron chi connectivity index (χ2n) is 5.49. The van der Waals surface area contributed by atoms with Crippen LogP contribution in [-0.2, 0) is 0 Å². The molecule has 0 radical (unpaired) electrons. The van der Waals surface area contributed by atoms with E-state index in [1.807, 2.05) is 0 Å². The maximum atomic E-state index is 13.4. The van der Waals surface area contributed by atoms with Gasteiger partial charge in [-0.2, -0.15) is 0 Å². The Bertz CT molecular complexity index is 967. The van der Waals surface area contributed by atoms with Crippen molar-refractivity contribution in [1.29, 1.82) is 0 Å². The van der Waals surface area contributed by atoms with Crippen LogP contribution < -0.4 is 14.8 Å². The van der Waals surface area contributed by atoms with Gasteiger partial charge in [0.05, 0.1) is 11.1 Å². The second-order valence-corrected chi connectivity index (χ2v) is 5.49. The van der Waals surface area contributed by atoms with Crippen LogP contribution in [0.2, 0.25) is 0 Å². The number of pyridine rings is 1. The Morgan fingerprint density at radius 3 is 2.83 bits per heavy atom. The number of aromatic nitrogens is 1. The predicted octanol–water partition coefficient (Wildman–Crippen LogP) is 3.66. The SMILES string of the molecule is Cc1cc(C(=O)Nc2ccc3c(c2)OCO3)c2ccc(F)cc2n1. The molecule has 3 aromatic rings. The largest absolute Gasteiger partial charge is 0.454 e. The van der Waals surface area contributed by atoms with Crippen molar-refractivity contribution in [2.24, 2.45) is 0 Å². The first-order valence-corrected chi connectivity index (χ1v) is 7.38. The fourth-order valence-corrected chi connectivity index (χ4v) is 2.69. The Hall–Kier alpha value is -3.15. The van der Waals surface area contributed by atoms with Crippen molar-refractivity contribution in [2.45, 2.75) is 6.92 Å². The number of carbonyl (C=O) groups excluding carboxylic acids is 1. The van der Waals surface area contributed by atoms with Crippen LogP contribution in [0.15, 0.2) is 42.5 Å². The number of rotatable bonds is 2. The highest BCUT2D eigenvalue weighted by atomic mass is 19.1. The van der Waals surface area contributed by atoms with Crippen LogP contribution in [0.4, 0.5) is 10.1 Å². The number of anilines is 1. The summed E-state index contributed by atoms with van der Waals surface area (Å²) in [6.07, 6.45) is 0. The van der Waals surface area contributed by atoms with Gasteiger partial charge in [0.15, 0.2) is 11.5 Å². The van der Waals surface area contributed by atoms with E-state index in [1.54, 1.807) is 37.3 Å². The highest BCUT2D eigenvalue weighted by Gasteiger charge is 2.16. The number of ether oxygens (including phenoxy) is 2. The van der Waals surface area contributed by atoms with Crippen LogP contribution in [0.5, 0.6) is 11.5 Å². The third kappa shape index (κ3) is 2.52. The number of fused-ring (bicyclic) bond motifs is 2. The van der Waals surface area contributed by atoms with Crippen molar-refractivity contribution in [1.82, 2.24) is 4.98 Å². The van der Waals surface area contributed by atoms with E-state index >= 15 is 0 Å². The summed E-state index contributed by atoms with van der Waals surface area (Å²) in [6, 6.07) is 11.1. The molecule has 6 heteroatoms. The lowest BCUT2D eigenvalue weighted by atomic mass is 10.1. The molecule has 1 aromatic heterocycles. The van der Waals surface area contributed by atoms with Gasteiger partial charge in [-0.15, -0.1) is 0 Å². The zero-order chi connectivity index (χ0) is 16.7. The van der Waals surface area contributed by atoms with Gasteiger partial charge >= 0.3 is 0 Å². The third-order valence-corrected chi connectivity index (χ3v) is 3.78. The van der Waals surface area contributed by atoms with E-state index in [4.69, 9.17) is 9.47 Å². The van der Waals surface area contributed by atoms with Gasteiger partial charge in [-0.3, -0.25) is 9.78 Å². The summed E-state index contributed by atoms with van der Waals surface area (Å²) in [5.74, 6) is 0.554. The van der Waals surface area contributed by atoms with Crippen molar-refractivity contribution in [2.75, 3.05) is 12.1 Å². The smallest absolute Gasteiger partial charge is 0.256 e. The van der Waals surface area contributed by atoms with Gasteiger partial charge in [-0.25, -0.2) is 4.39 Å². The third-order valence-electron chi connectivity index (χ3n) is 3.78. The van der Waals surface area contributed by atoms with Crippen LogP contribution in [0.1, 0.15) is 16.1 Å². The molecule has 1 aliphatic heterocycles. The lowest BCUT2D eigenvalue weighted by molar-refractivity contribution is 0.102. The van der Waals surface area contributed by atoms with Crippen molar-refractivity contribution >= 4 is 22.5 Å². The van der Waals surface area contributed by atoms with E-state index in [0.29, 0.717) is 39.3 Å². The van der Waals surface area contributed by atoms with Gasteiger partial charge in [0.1, 0.15) is 5.82 Å². The quantitative estimate of drug-likeness (QED) is 0.781. The molecule has 5 nitrogen and oxygen atoms in total. The highest BCUT2D eigenvalue weighted by Crippen LogP contribution is 2.34. The molecule has 4 rings (SSSR count). The molecule has 0 atom stereocenters. The van der Waals surface area contributed by atoms with Gasteiger partial charge < -0.3 is 14.8 Å². The maximum Gasteiger partial charge on any atom is 0.256 e. The second kappa shape index (κ2) is 5.49. The molecule has 1 aliphatic rings. The van der Waals surface area contributed by atoms with E-state index in [0.717, 1.165) is 0 Å². The number of nitrogens with zero attached hydrogens (tertiary/aromatic N) is 1. The predicted molar refractivity (Wildman–Crippen MR) is 87.0 cm³/mol. The average molecular weight is 324 g/mol. The molecule has 120 valence electrons. The monoisotopic (exact) mass is 324 g/mol. The first-order valence-electron chi connectivity index (χ1n) is 7.38. The number of carbonyl (C=O) groups is 1. The van der Waals surface area contributed by atoms with Crippen LogP contribution in [0, 0.1) is 12.7 Å². The summed E-state index contributed by atoms with van der Waals surface area (Å²) in [6.45, 7) is 1.94. The normalized spacial score (nSPS) is 12.4. The molecule has 2 heterocycles. The van der Waals surface area contributed by atoms with Crippen LogP contribution in [-0.4, -0.2) is 17.7 Å². The molecule has 2 aromatic carbocycles. The Morgan fingerprint density at radius 2 is 1.96 bits per heavy atom. The number of hydrogen-bond acceptors (Lipinski definition) is 4. The highest BCUT2D eigenvalue weighted by molar-refractivity contribution is 6.12. The van der Waals surface area contributed by atoms with Crippen LogP contribution in [0.25, 0.3) is 10.9 Å². The fourth-order valence-electron chi connectivity index (χ4n) is 2.69. The molecule has 0 bridgehead atoms. The van der Waals surface area contributed by atoms with Crippen LogP contribution in [0.3, 0.4) is 0 Å². The Morgan fingerprint density at radius 1 is 1.12 bits per heavy atom. The molecular formula is C18H13FN2O3. The minimum absolute atomic E-state index is 0.173. The lowest BCUT2D eigenvalue weighted by Crippen LogP contribution is -2.13. The zero-order valence-corrected chi connectivity index (χ0v) is 12.8. The Labute approximate surface area is 137 Å². The molecule has 0 unspecified atom stereocenters. The molecule has 1 amide bonds. The Balaban J connectivity index is 1.70. The van der Waals surface area contributed by atoms with Gasteiger partial charge in [-0.05, 0) is 37.3 Å². The number of benzene rings is 2. The molecular weight excluding hydrogens is 311 g/mol. The first kappa shape index (κ1) is 14.4. The lowest BCUT2D eigenvalue weighted by Gasteiger charge is -2.10. The van der Waals surface area contributed by atoms with Gasteiger partial charge in [0.25, 0.3) is 5.91 Å². The van der Waals surface area contributed by atoms with Crippen molar-refractivity contribution in [3.8, 4) is 11.5 Å². The number of amides is 1. The summed E-state index contributed by atoms with van der Waals surface area (Å²) in [5, 5.41) is 3.42. The summed E-state index contributed by atoms with van der Waals surface area (Å²) in [5.41, 5.74) is 2.12. The minimum Gasteiger partial charge on any atom is -0.454 e. The summed E-state index contributed by atoms with van der Waals surface area (Å²) < 4.78 is 24.0. The van der Waals surface area contributed by atoms with Crippen molar-refractivity contribution in [3.05, 3.63) is 59.5 Å². The molecule has 0 aliphatic carbocycles. The van der Waals surface area contributed by atoms with Gasteiger partial charge in [0.2, 0.25) is 6.79 Å². The number of aryl methyl sites for hydroxylation is 1. The maximum absolute atomic E-state index is 13.4. The van der Waals surface area contributed by atoms with E-state index in [2.05, 4.69) is 10.3 Å². The fraction of sp³-hybridized carbons (Fsp3) is 0.111. The number of hydrogen-bond donors (Lipinski definition) is 1. The zero-order valence-electron chi connectivity index (χ0n) is 12.8. The minimum atomic E-state index is -0.386. The molecule has 0 saturated carbocycles. The van der Waals surface area contributed by atoms with E-state index in [1.165, 1.54) is 12.1 Å². The average Bonchev–Trinajstić information content (AvgIpc) is 3.01. The topological polar surface area (TPSA) is 60.5 Å². The van der Waals surface area contributed by atoms with E-state index in [-0.39, 0.29) is 18.5 Å². The number of nitrogens with one attached hydrogen (secondary N) is 1.